The van der Waals surface area contributed by atoms with Crippen LogP contribution in [0.3, 0.4) is 0 Å². The molecule has 0 saturated carbocycles. The van der Waals surface area contributed by atoms with E-state index in [1.165, 1.54) is 24.3 Å². The van der Waals surface area contributed by atoms with Crippen LogP contribution in [0.15, 0.2) is 76.7 Å². The predicted molar refractivity (Wildman–Crippen MR) is 141 cm³/mol. The average molecular weight is 544 g/mol. The fraction of sp³-hybridized carbons (Fsp3) is 0.231. The second kappa shape index (κ2) is 11.5. The summed E-state index contributed by atoms with van der Waals surface area (Å²) in [4.78, 5) is 12.9. The molecular weight excluding hydrogens is 518 g/mol. The summed E-state index contributed by atoms with van der Waals surface area (Å²) in [6.45, 7) is 4.22. The number of nitrogens with zero attached hydrogens (tertiary/aromatic N) is 2. The van der Waals surface area contributed by atoms with Crippen LogP contribution >= 0.6 is 11.6 Å². The van der Waals surface area contributed by atoms with E-state index in [1.54, 1.807) is 56.3 Å². The molecule has 0 aromatic heterocycles. The summed E-state index contributed by atoms with van der Waals surface area (Å²) in [5, 5.41) is 4.56. The van der Waals surface area contributed by atoms with Gasteiger partial charge in [0.2, 0.25) is 0 Å². The van der Waals surface area contributed by atoms with Gasteiger partial charge in [-0.05, 0) is 68.4 Å². The first-order chi connectivity index (χ1) is 17.8. The van der Waals surface area contributed by atoms with Crippen LogP contribution in [0.1, 0.15) is 19.4 Å². The van der Waals surface area contributed by atoms with Crippen LogP contribution in [0.5, 0.6) is 17.2 Å². The van der Waals surface area contributed by atoms with Crippen molar-refractivity contribution in [3.63, 3.8) is 0 Å². The zero-order valence-corrected chi connectivity index (χ0v) is 21.9. The summed E-state index contributed by atoms with van der Waals surface area (Å²) in [5.74, 6) is 0.923. The molecule has 4 rings (SSSR count). The van der Waals surface area contributed by atoms with Gasteiger partial charge in [0.25, 0.3) is 15.9 Å². The van der Waals surface area contributed by atoms with Crippen molar-refractivity contribution >= 4 is 38.9 Å². The van der Waals surface area contributed by atoms with E-state index in [2.05, 4.69) is 10.5 Å². The maximum absolute atomic E-state index is 13.6. The van der Waals surface area contributed by atoms with Gasteiger partial charge in [0.05, 0.1) is 22.9 Å². The van der Waals surface area contributed by atoms with Gasteiger partial charge in [-0.15, -0.1) is 0 Å². The number of hydrazone groups is 1. The van der Waals surface area contributed by atoms with E-state index in [1.807, 2.05) is 0 Å². The van der Waals surface area contributed by atoms with Gasteiger partial charge in [-0.25, -0.2) is 13.8 Å². The molecule has 11 heteroatoms. The Hall–Kier alpha value is -3.76. The maximum Gasteiger partial charge on any atom is 0.264 e. The highest BCUT2D eigenvalue weighted by atomic mass is 35.5. The average Bonchev–Trinajstić information content (AvgIpc) is 2.91. The molecule has 1 N–H and O–H groups in total. The quantitative estimate of drug-likeness (QED) is 0.319. The molecule has 1 amide bonds. The Morgan fingerprint density at radius 2 is 1.76 bits per heavy atom. The highest BCUT2D eigenvalue weighted by Crippen LogP contribution is 2.33. The minimum Gasteiger partial charge on any atom is -0.492 e. The lowest BCUT2D eigenvalue weighted by Crippen LogP contribution is -2.40. The Morgan fingerprint density at radius 1 is 1.05 bits per heavy atom. The molecule has 1 aliphatic rings. The maximum atomic E-state index is 13.6. The number of hydrogen-bond donors (Lipinski definition) is 1. The Kier molecular flexibility index (Phi) is 8.20. The summed E-state index contributed by atoms with van der Waals surface area (Å²) in [6.07, 6.45) is 0. The Morgan fingerprint density at radius 3 is 2.49 bits per heavy atom. The molecule has 3 aromatic rings. The number of halogens is 1. The molecule has 9 nitrogen and oxygen atoms in total. The normalized spacial score (nSPS) is 13.1. The zero-order chi connectivity index (χ0) is 26.4. The highest BCUT2D eigenvalue weighted by Gasteiger charge is 2.29. The van der Waals surface area contributed by atoms with Crippen LogP contribution in [0, 0.1) is 0 Å². The largest absolute Gasteiger partial charge is 0.492 e. The number of nitrogens with one attached hydrogen (secondary N) is 1. The fourth-order valence-corrected chi connectivity index (χ4v) is 5.18. The van der Waals surface area contributed by atoms with E-state index >= 15 is 0 Å². The zero-order valence-electron chi connectivity index (χ0n) is 20.3. The first kappa shape index (κ1) is 26.3. The SMILES string of the molecule is CCOc1ccccc1N(CC(=O)N/N=C(/C)c1ccc2c(c1)OCCO2)S(=O)(=O)c1ccc(Cl)cc1. The highest BCUT2D eigenvalue weighted by molar-refractivity contribution is 7.92. The molecule has 0 bridgehead atoms. The van der Waals surface area contributed by atoms with Gasteiger partial charge >= 0.3 is 0 Å². The summed E-state index contributed by atoms with van der Waals surface area (Å²) < 4.78 is 45.0. The lowest BCUT2D eigenvalue weighted by atomic mass is 10.1. The van der Waals surface area contributed by atoms with Crippen molar-refractivity contribution in [1.82, 2.24) is 5.43 Å². The van der Waals surface area contributed by atoms with Gasteiger partial charge in [0, 0.05) is 10.6 Å². The van der Waals surface area contributed by atoms with Crippen LogP contribution < -0.4 is 23.9 Å². The van der Waals surface area contributed by atoms with Crippen molar-refractivity contribution in [3.05, 3.63) is 77.3 Å². The fourth-order valence-electron chi connectivity index (χ4n) is 3.62. The third kappa shape index (κ3) is 6.15. The third-order valence-corrected chi connectivity index (χ3v) is 7.46. The van der Waals surface area contributed by atoms with Crippen molar-refractivity contribution < 1.29 is 27.4 Å². The van der Waals surface area contributed by atoms with Gasteiger partial charge in [-0.1, -0.05) is 23.7 Å². The van der Waals surface area contributed by atoms with E-state index in [0.717, 1.165) is 9.87 Å². The van der Waals surface area contributed by atoms with Crippen LogP contribution in [0.4, 0.5) is 5.69 Å². The molecule has 0 unspecified atom stereocenters. The molecule has 1 heterocycles. The van der Waals surface area contributed by atoms with Crippen molar-refractivity contribution in [2.75, 3.05) is 30.7 Å². The number of benzene rings is 3. The first-order valence-electron chi connectivity index (χ1n) is 11.5. The van der Waals surface area contributed by atoms with Crippen LogP contribution in [-0.4, -0.2) is 46.4 Å². The standard InChI is InChI=1S/C26H26ClN3O6S/c1-3-34-23-7-5-4-6-22(23)30(37(32,33)21-11-9-20(27)10-12-21)17-26(31)29-28-18(2)19-8-13-24-25(16-19)36-15-14-35-24/h4-13,16H,3,14-15,17H2,1-2H3,(H,29,31)/b28-18-. The van der Waals surface area contributed by atoms with Crippen molar-refractivity contribution in [2.45, 2.75) is 18.7 Å². The number of carbonyl (C=O) groups is 1. The van der Waals surface area contributed by atoms with Crippen molar-refractivity contribution in [2.24, 2.45) is 5.10 Å². The number of amides is 1. The number of hydrogen-bond acceptors (Lipinski definition) is 7. The molecule has 0 radical (unpaired) electrons. The van der Waals surface area contributed by atoms with Crippen molar-refractivity contribution in [1.29, 1.82) is 0 Å². The summed E-state index contributed by atoms with van der Waals surface area (Å²) in [5.41, 5.74) is 3.90. The molecule has 194 valence electrons. The number of sulfonamides is 1. The lowest BCUT2D eigenvalue weighted by molar-refractivity contribution is -0.119. The molecule has 0 aliphatic carbocycles. The van der Waals surface area contributed by atoms with Gasteiger partial charge in [-0.3, -0.25) is 9.10 Å². The van der Waals surface area contributed by atoms with E-state index in [0.29, 0.717) is 47.8 Å². The molecule has 0 fully saturated rings. The Bertz CT molecular complexity index is 1410. The Balaban J connectivity index is 1.60. The van der Waals surface area contributed by atoms with Crippen molar-refractivity contribution in [3.8, 4) is 17.2 Å². The van der Waals surface area contributed by atoms with Crippen LogP contribution in [-0.2, 0) is 14.8 Å². The smallest absolute Gasteiger partial charge is 0.264 e. The molecule has 0 atom stereocenters. The summed E-state index contributed by atoms with van der Waals surface area (Å²) in [6, 6.07) is 17.7. The number of para-hydroxylation sites is 2. The number of fused-ring (bicyclic) bond motifs is 1. The lowest BCUT2D eigenvalue weighted by Gasteiger charge is -2.25. The van der Waals surface area contributed by atoms with E-state index < -0.39 is 22.5 Å². The molecule has 0 saturated heterocycles. The van der Waals surface area contributed by atoms with Gasteiger partial charge in [-0.2, -0.15) is 5.10 Å². The van der Waals surface area contributed by atoms with Crippen LogP contribution in [0.25, 0.3) is 0 Å². The van der Waals surface area contributed by atoms with E-state index in [9.17, 15) is 13.2 Å². The van der Waals surface area contributed by atoms with E-state index in [4.69, 9.17) is 25.8 Å². The number of ether oxygens (including phenoxy) is 3. The first-order valence-corrected chi connectivity index (χ1v) is 13.3. The van der Waals surface area contributed by atoms with Gasteiger partial charge in [0.1, 0.15) is 25.5 Å². The predicted octanol–water partition coefficient (Wildman–Crippen LogP) is 4.25. The molecule has 0 spiro atoms. The number of anilines is 1. The van der Waals surface area contributed by atoms with Gasteiger partial charge in [0.15, 0.2) is 11.5 Å². The summed E-state index contributed by atoms with van der Waals surface area (Å²) in [7, 11) is -4.15. The summed E-state index contributed by atoms with van der Waals surface area (Å²) >= 11 is 5.95. The Labute approximate surface area is 220 Å². The second-order valence-electron chi connectivity index (χ2n) is 7.96. The minimum atomic E-state index is -4.15. The van der Waals surface area contributed by atoms with Gasteiger partial charge < -0.3 is 14.2 Å². The molecule has 1 aliphatic heterocycles. The monoisotopic (exact) mass is 543 g/mol. The van der Waals surface area contributed by atoms with E-state index in [-0.39, 0.29) is 10.6 Å². The number of carbonyl (C=O) groups excluding carboxylic acids is 1. The molecular formula is C26H26ClN3O6S. The minimum absolute atomic E-state index is 0.0213. The molecule has 37 heavy (non-hydrogen) atoms. The molecule has 3 aromatic carbocycles. The van der Waals surface area contributed by atoms with Crippen LogP contribution in [0.2, 0.25) is 5.02 Å². The third-order valence-electron chi connectivity index (χ3n) is 5.43. The topological polar surface area (TPSA) is 107 Å². The second-order valence-corrected chi connectivity index (χ2v) is 10.3. The number of rotatable bonds is 9.